The molecule has 1 aromatic carbocycles. The molecule has 3 atom stereocenters. The predicted octanol–water partition coefficient (Wildman–Crippen LogP) is 2.78. The summed E-state index contributed by atoms with van der Waals surface area (Å²) in [7, 11) is 0. The minimum atomic E-state index is 0.0183. The second-order valence-corrected chi connectivity index (χ2v) is 5.14. The number of amides is 1. The van der Waals surface area contributed by atoms with Gasteiger partial charge >= 0.3 is 0 Å². The Morgan fingerprint density at radius 2 is 2.00 bits per heavy atom. The zero-order valence-corrected chi connectivity index (χ0v) is 10.3. The van der Waals surface area contributed by atoms with Crippen molar-refractivity contribution >= 4 is 12.0 Å². The number of carbonyl (C=O) groups is 1. The highest BCUT2D eigenvalue weighted by atomic mass is 16.1. The summed E-state index contributed by atoms with van der Waals surface area (Å²) in [6, 6.07) is 10.2. The molecule has 18 heavy (non-hydrogen) atoms. The normalized spacial score (nSPS) is 29.0. The van der Waals surface area contributed by atoms with E-state index in [0.29, 0.717) is 17.9 Å². The summed E-state index contributed by atoms with van der Waals surface area (Å²) in [6.45, 7) is 0. The predicted molar refractivity (Wildman–Crippen MR) is 72.8 cm³/mol. The summed E-state index contributed by atoms with van der Waals surface area (Å²) in [5.41, 5.74) is 1.06. The van der Waals surface area contributed by atoms with Crippen molar-refractivity contribution in [1.29, 1.82) is 0 Å². The fourth-order valence-electron chi connectivity index (χ4n) is 2.91. The van der Waals surface area contributed by atoms with Crippen LogP contribution in [0.25, 0.3) is 6.08 Å². The van der Waals surface area contributed by atoms with Crippen molar-refractivity contribution < 1.29 is 4.79 Å². The van der Waals surface area contributed by atoms with E-state index in [2.05, 4.69) is 17.5 Å². The molecule has 0 radical (unpaired) electrons. The Balaban J connectivity index is 1.56. The Labute approximate surface area is 107 Å². The van der Waals surface area contributed by atoms with Gasteiger partial charge in [0.15, 0.2) is 0 Å². The third-order valence-corrected chi connectivity index (χ3v) is 3.83. The molecule has 3 rings (SSSR count). The Morgan fingerprint density at radius 1 is 1.17 bits per heavy atom. The molecule has 1 amide bonds. The van der Waals surface area contributed by atoms with Gasteiger partial charge in [-0.25, -0.2) is 0 Å². The Kier molecular flexibility index (Phi) is 3.01. The standard InChI is InChI=1S/C16H17NO/c18-16(9-7-12-4-2-1-3-5-12)17-15-11-13-6-8-14(15)10-13/h1-9,13-15H,10-11H2,(H,17,18)/b9-7+. The molecular weight excluding hydrogens is 222 g/mol. The van der Waals surface area contributed by atoms with Crippen molar-refractivity contribution in [1.82, 2.24) is 5.32 Å². The summed E-state index contributed by atoms with van der Waals surface area (Å²) in [6.07, 6.45) is 10.3. The maximum atomic E-state index is 11.8. The van der Waals surface area contributed by atoms with Crippen molar-refractivity contribution in [2.75, 3.05) is 0 Å². The molecule has 2 heteroatoms. The lowest BCUT2D eigenvalue weighted by atomic mass is 10.0. The molecule has 0 aromatic heterocycles. The second-order valence-electron chi connectivity index (χ2n) is 5.14. The van der Waals surface area contributed by atoms with Gasteiger partial charge in [-0.15, -0.1) is 0 Å². The molecule has 0 aliphatic heterocycles. The number of hydrogen-bond acceptors (Lipinski definition) is 1. The van der Waals surface area contributed by atoms with Crippen LogP contribution < -0.4 is 5.32 Å². The molecule has 3 unspecified atom stereocenters. The van der Waals surface area contributed by atoms with Gasteiger partial charge in [-0.2, -0.15) is 0 Å². The van der Waals surface area contributed by atoms with E-state index in [1.165, 1.54) is 6.42 Å². The van der Waals surface area contributed by atoms with Gasteiger partial charge < -0.3 is 5.32 Å². The molecule has 0 saturated heterocycles. The third kappa shape index (κ3) is 2.37. The van der Waals surface area contributed by atoms with Crippen LogP contribution in [-0.2, 0) is 4.79 Å². The zero-order valence-electron chi connectivity index (χ0n) is 10.3. The molecular formula is C16H17NO. The summed E-state index contributed by atoms with van der Waals surface area (Å²) < 4.78 is 0. The van der Waals surface area contributed by atoms with Crippen LogP contribution in [0.2, 0.25) is 0 Å². The number of fused-ring (bicyclic) bond motifs is 2. The summed E-state index contributed by atoms with van der Waals surface area (Å²) in [4.78, 5) is 11.8. The van der Waals surface area contributed by atoms with Crippen LogP contribution in [0.5, 0.6) is 0 Å². The van der Waals surface area contributed by atoms with Gasteiger partial charge in [0.05, 0.1) is 0 Å². The quantitative estimate of drug-likeness (QED) is 0.638. The highest BCUT2D eigenvalue weighted by Gasteiger charge is 2.35. The van der Waals surface area contributed by atoms with E-state index in [4.69, 9.17) is 0 Å². The first-order valence-corrected chi connectivity index (χ1v) is 6.53. The maximum Gasteiger partial charge on any atom is 0.244 e. The Bertz CT molecular complexity index is 489. The van der Waals surface area contributed by atoms with E-state index in [-0.39, 0.29) is 5.91 Å². The first-order valence-electron chi connectivity index (χ1n) is 6.53. The molecule has 0 heterocycles. The van der Waals surface area contributed by atoms with E-state index >= 15 is 0 Å². The van der Waals surface area contributed by atoms with Crippen molar-refractivity contribution in [2.24, 2.45) is 11.8 Å². The highest BCUT2D eigenvalue weighted by Crippen LogP contribution is 2.38. The van der Waals surface area contributed by atoms with Crippen molar-refractivity contribution in [3.63, 3.8) is 0 Å². The lowest BCUT2D eigenvalue weighted by Crippen LogP contribution is -2.36. The average molecular weight is 239 g/mol. The van der Waals surface area contributed by atoms with E-state index in [0.717, 1.165) is 12.0 Å². The molecule has 2 aliphatic carbocycles. The minimum absolute atomic E-state index is 0.0183. The molecule has 2 nitrogen and oxygen atoms in total. The van der Waals surface area contributed by atoms with Crippen LogP contribution in [0, 0.1) is 11.8 Å². The van der Waals surface area contributed by atoms with Crippen LogP contribution in [0.1, 0.15) is 18.4 Å². The van der Waals surface area contributed by atoms with Crippen LogP contribution in [0.4, 0.5) is 0 Å². The van der Waals surface area contributed by atoms with Gasteiger partial charge in [-0.05, 0) is 36.3 Å². The number of benzene rings is 1. The number of nitrogens with one attached hydrogen (secondary N) is 1. The molecule has 1 fully saturated rings. The highest BCUT2D eigenvalue weighted by molar-refractivity contribution is 5.91. The third-order valence-electron chi connectivity index (χ3n) is 3.83. The summed E-state index contributed by atoms with van der Waals surface area (Å²) >= 11 is 0. The number of hydrogen-bond donors (Lipinski definition) is 1. The molecule has 1 saturated carbocycles. The van der Waals surface area contributed by atoms with Crippen LogP contribution in [0.15, 0.2) is 48.6 Å². The first-order chi connectivity index (χ1) is 8.81. The monoisotopic (exact) mass is 239 g/mol. The van der Waals surface area contributed by atoms with Crippen LogP contribution in [-0.4, -0.2) is 11.9 Å². The van der Waals surface area contributed by atoms with E-state index in [1.807, 2.05) is 36.4 Å². The summed E-state index contributed by atoms with van der Waals surface area (Å²) in [5.74, 6) is 1.27. The Morgan fingerprint density at radius 3 is 2.67 bits per heavy atom. The molecule has 1 N–H and O–H groups in total. The lowest BCUT2D eigenvalue weighted by molar-refractivity contribution is -0.117. The first kappa shape index (κ1) is 11.3. The molecule has 2 aliphatic rings. The number of carbonyl (C=O) groups excluding carboxylic acids is 1. The SMILES string of the molecule is O=C(/C=C/c1ccccc1)NC1CC2C=CC1C2. The van der Waals surface area contributed by atoms with Gasteiger partial charge in [0.2, 0.25) is 5.91 Å². The van der Waals surface area contributed by atoms with Gasteiger partial charge in [-0.3, -0.25) is 4.79 Å². The Hall–Kier alpha value is -1.83. The topological polar surface area (TPSA) is 29.1 Å². The maximum absolute atomic E-state index is 11.8. The van der Waals surface area contributed by atoms with Gasteiger partial charge in [0.25, 0.3) is 0 Å². The van der Waals surface area contributed by atoms with E-state index < -0.39 is 0 Å². The van der Waals surface area contributed by atoms with Crippen LogP contribution in [0.3, 0.4) is 0 Å². The van der Waals surface area contributed by atoms with E-state index in [1.54, 1.807) is 6.08 Å². The van der Waals surface area contributed by atoms with Crippen molar-refractivity contribution in [3.05, 3.63) is 54.1 Å². The molecule has 0 spiro atoms. The fourth-order valence-corrected chi connectivity index (χ4v) is 2.91. The smallest absolute Gasteiger partial charge is 0.244 e. The lowest BCUT2D eigenvalue weighted by Gasteiger charge is -2.18. The zero-order chi connectivity index (χ0) is 12.4. The van der Waals surface area contributed by atoms with Gasteiger partial charge in [0, 0.05) is 12.1 Å². The minimum Gasteiger partial charge on any atom is -0.349 e. The number of rotatable bonds is 3. The van der Waals surface area contributed by atoms with Crippen molar-refractivity contribution in [3.8, 4) is 0 Å². The van der Waals surface area contributed by atoms with Crippen molar-refractivity contribution in [2.45, 2.75) is 18.9 Å². The van der Waals surface area contributed by atoms with Gasteiger partial charge in [-0.1, -0.05) is 42.5 Å². The van der Waals surface area contributed by atoms with Gasteiger partial charge in [0.1, 0.15) is 0 Å². The average Bonchev–Trinajstić information content (AvgIpc) is 3.00. The second kappa shape index (κ2) is 4.81. The number of allylic oxidation sites excluding steroid dienone is 1. The molecule has 92 valence electrons. The molecule has 2 bridgehead atoms. The summed E-state index contributed by atoms with van der Waals surface area (Å²) in [5, 5.41) is 3.10. The van der Waals surface area contributed by atoms with E-state index in [9.17, 15) is 4.79 Å². The largest absolute Gasteiger partial charge is 0.349 e. The molecule has 1 aromatic rings. The van der Waals surface area contributed by atoms with Crippen LogP contribution >= 0.6 is 0 Å². The fraction of sp³-hybridized carbons (Fsp3) is 0.312.